The van der Waals surface area contributed by atoms with Crippen molar-refractivity contribution in [2.45, 2.75) is 25.9 Å². The third-order valence-corrected chi connectivity index (χ3v) is 5.20. The molecule has 0 aromatic heterocycles. The molecule has 1 saturated heterocycles. The molecule has 0 saturated carbocycles. The first-order valence-electron chi connectivity index (χ1n) is 10.3. The molecule has 8 heteroatoms. The van der Waals surface area contributed by atoms with Gasteiger partial charge in [-0.3, -0.25) is 9.69 Å². The van der Waals surface area contributed by atoms with Gasteiger partial charge in [0.05, 0.1) is 6.61 Å². The summed E-state index contributed by atoms with van der Waals surface area (Å²) in [4.78, 5) is 17.2. The number of alkyl halides is 3. The van der Waals surface area contributed by atoms with Crippen molar-refractivity contribution in [3.8, 4) is 0 Å². The van der Waals surface area contributed by atoms with Crippen LogP contribution in [-0.4, -0.2) is 61.7 Å². The lowest BCUT2D eigenvalue weighted by Gasteiger charge is -2.32. The van der Waals surface area contributed by atoms with E-state index in [1.54, 1.807) is 24.3 Å². The smallest absolute Gasteiger partial charge is 0.367 e. The van der Waals surface area contributed by atoms with E-state index in [2.05, 4.69) is 39.0 Å². The number of nitrogens with one attached hydrogen (secondary N) is 1. The fraction of sp³-hybridized carbons (Fsp3) is 0.435. The quantitative estimate of drug-likeness (QED) is 0.690. The lowest BCUT2D eigenvalue weighted by atomic mass is 10.1. The third-order valence-electron chi connectivity index (χ3n) is 5.20. The number of hydrogen-bond donors (Lipinski definition) is 1. The van der Waals surface area contributed by atoms with Crippen LogP contribution in [-0.2, 0) is 24.4 Å². The van der Waals surface area contributed by atoms with E-state index in [4.69, 9.17) is 0 Å². The van der Waals surface area contributed by atoms with E-state index < -0.39 is 12.8 Å². The summed E-state index contributed by atoms with van der Waals surface area (Å²) in [6, 6.07) is 14.6. The van der Waals surface area contributed by atoms with Gasteiger partial charge in [0.2, 0.25) is 0 Å². The molecule has 1 aliphatic rings. The van der Waals surface area contributed by atoms with E-state index in [0.717, 1.165) is 38.3 Å². The van der Waals surface area contributed by atoms with E-state index >= 15 is 0 Å². The van der Waals surface area contributed by atoms with Gasteiger partial charge in [-0.25, -0.2) is 0 Å². The summed E-state index contributed by atoms with van der Waals surface area (Å²) in [5, 5.41) is 2.90. The van der Waals surface area contributed by atoms with Crippen molar-refractivity contribution in [3.05, 3.63) is 70.8 Å². The molecular formula is C23H28F3N3O2. The van der Waals surface area contributed by atoms with Gasteiger partial charge in [-0.2, -0.15) is 13.2 Å². The number of amides is 1. The van der Waals surface area contributed by atoms with E-state index in [1.165, 1.54) is 5.56 Å². The summed E-state index contributed by atoms with van der Waals surface area (Å²) in [5.74, 6) is -0.229. The van der Waals surface area contributed by atoms with Crippen LogP contribution < -0.4 is 5.32 Å². The number of halogens is 3. The van der Waals surface area contributed by atoms with E-state index in [-0.39, 0.29) is 12.5 Å². The Morgan fingerprint density at radius 2 is 1.68 bits per heavy atom. The predicted molar refractivity (Wildman–Crippen MR) is 113 cm³/mol. The minimum absolute atomic E-state index is 0.151. The molecular weight excluding hydrogens is 407 g/mol. The van der Waals surface area contributed by atoms with Gasteiger partial charge in [0, 0.05) is 44.8 Å². The van der Waals surface area contributed by atoms with Crippen molar-refractivity contribution >= 4 is 5.91 Å². The first-order valence-corrected chi connectivity index (χ1v) is 10.3. The molecule has 1 N–H and O–H groups in total. The molecule has 1 heterocycles. The molecule has 168 valence electrons. The molecule has 5 nitrogen and oxygen atoms in total. The summed E-state index contributed by atoms with van der Waals surface area (Å²) in [6.07, 6.45) is -4.35. The van der Waals surface area contributed by atoms with E-state index in [0.29, 0.717) is 17.7 Å². The number of likely N-dealkylation sites (N-methyl/N-ethyl adjacent to an activating group) is 1. The zero-order valence-corrected chi connectivity index (χ0v) is 17.6. The van der Waals surface area contributed by atoms with Crippen molar-refractivity contribution in [1.29, 1.82) is 0 Å². The number of carbonyl (C=O) groups is 1. The fourth-order valence-electron chi connectivity index (χ4n) is 3.42. The second-order valence-corrected chi connectivity index (χ2v) is 7.89. The number of piperazine rings is 1. The van der Waals surface area contributed by atoms with Crippen molar-refractivity contribution < 1.29 is 22.7 Å². The highest BCUT2D eigenvalue weighted by atomic mass is 19.4. The second kappa shape index (κ2) is 10.7. The first-order chi connectivity index (χ1) is 14.8. The Bertz CT molecular complexity index is 848. The van der Waals surface area contributed by atoms with Gasteiger partial charge in [-0.05, 0) is 35.9 Å². The number of rotatable bonds is 8. The maximum Gasteiger partial charge on any atom is 0.411 e. The Morgan fingerprint density at radius 1 is 1.00 bits per heavy atom. The molecule has 2 aromatic carbocycles. The monoisotopic (exact) mass is 435 g/mol. The normalized spacial score (nSPS) is 15.7. The molecule has 0 bridgehead atoms. The molecule has 2 aromatic rings. The Balaban J connectivity index is 1.47. The van der Waals surface area contributed by atoms with Crippen LogP contribution in [0.4, 0.5) is 13.2 Å². The number of carbonyl (C=O) groups excluding carboxylic acids is 1. The first kappa shape index (κ1) is 23.2. The molecule has 0 radical (unpaired) electrons. The average molecular weight is 435 g/mol. The summed E-state index contributed by atoms with van der Waals surface area (Å²) in [5.41, 5.74) is 3.28. The Morgan fingerprint density at radius 3 is 2.35 bits per heavy atom. The Labute approximate surface area is 180 Å². The van der Waals surface area contributed by atoms with Crippen molar-refractivity contribution in [2.24, 2.45) is 0 Å². The predicted octanol–water partition coefficient (Wildman–Crippen LogP) is 3.44. The molecule has 0 aliphatic carbocycles. The Kier molecular flexibility index (Phi) is 8.06. The highest BCUT2D eigenvalue weighted by Crippen LogP contribution is 2.16. The number of benzene rings is 2. The van der Waals surface area contributed by atoms with Crippen LogP contribution in [0.5, 0.6) is 0 Å². The van der Waals surface area contributed by atoms with Gasteiger partial charge in [0.15, 0.2) is 0 Å². The van der Waals surface area contributed by atoms with Gasteiger partial charge in [0.25, 0.3) is 5.91 Å². The SMILES string of the molecule is CN1CCN(Cc2cccc(CNC(=O)c3ccc(COCC(F)(F)F)cc3)c2)CC1. The van der Waals surface area contributed by atoms with Gasteiger partial charge in [-0.1, -0.05) is 36.4 Å². The maximum absolute atomic E-state index is 12.4. The largest absolute Gasteiger partial charge is 0.411 e. The van der Waals surface area contributed by atoms with Crippen LogP contribution in [0, 0.1) is 0 Å². The lowest BCUT2D eigenvalue weighted by Crippen LogP contribution is -2.43. The van der Waals surface area contributed by atoms with Crippen molar-refractivity contribution in [1.82, 2.24) is 15.1 Å². The van der Waals surface area contributed by atoms with Gasteiger partial charge in [-0.15, -0.1) is 0 Å². The summed E-state index contributed by atoms with van der Waals surface area (Å²) in [6.45, 7) is 4.11. The number of nitrogens with zero attached hydrogens (tertiary/aromatic N) is 2. The average Bonchev–Trinajstić information content (AvgIpc) is 2.74. The van der Waals surface area contributed by atoms with Gasteiger partial charge >= 0.3 is 6.18 Å². The molecule has 0 unspecified atom stereocenters. The fourth-order valence-corrected chi connectivity index (χ4v) is 3.42. The zero-order valence-electron chi connectivity index (χ0n) is 17.6. The zero-order chi connectivity index (χ0) is 22.3. The maximum atomic E-state index is 12.4. The highest BCUT2D eigenvalue weighted by molar-refractivity contribution is 5.94. The molecule has 1 amide bonds. The Hall–Kier alpha value is -2.42. The van der Waals surface area contributed by atoms with Gasteiger partial charge < -0.3 is 15.0 Å². The molecule has 3 rings (SSSR count). The summed E-state index contributed by atoms with van der Waals surface area (Å²) < 4.78 is 41.0. The number of ether oxygens (including phenoxy) is 1. The minimum Gasteiger partial charge on any atom is -0.367 e. The van der Waals surface area contributed by atoms with Crippen LogP contribution in [0.2, 0.25) is 0 Å². The van der Waals surface area contributed by atoms with Crippen LogP contribution in [0.25, 0.3) is 0 Å². The molecule has 0 spiro atoms. The molecule has 1 aliphatic heterocycles. The second-order valence-electron chi connectivity index (χ2n) is 7.89. The lowest BCUT2D eigenvalue weighted by molar-refractivity contribution is -0.176. The topological polar surface area (TPSA) is 44.8 Å². The summed E-state index contributed by atoms with van der Waals surface area (Å²) in [7, 11) is 2.13. The third kappa shape index (κ3) is 7.97. The van der Waals surface area contributed by atoms with E-state index in [1.807, 2.05) is 12.1 Å². The number of hydrogen-bond acceptors (Lipinski definition) is 4. The molecule has 0 atom stereocenters. The summed E-state index contributed by atoms with van der Waals surface area (Å²) >= 11 is 0. The standard InChI is InChI=1S/C23H28F3N3O2/c1-28-9-11-29(12-10-28)15-20-4-2-3-19(13-20)14-27-22(30)21-7-5-18(6-8-21)16-31-17-23(24,25)26/h2-8,13H,9-12,14-17H2,1H3,(H,27,30). The van der Waals surface area contributed by atoms with Gasteiger partial charge in [0.1, 0.15) is 6.61 Å². The van der Waals surface area contributed by atoms with E-state index in [9.17, 15) is 18.0 Å². The van der Waals surface area contributed by atoms with Crippen molar-refractivity contribution in [2.75, 3.05) is 39.8 Å². The van der Waals surface area contributed by atoms with Crippen LogP contribution in [0.3, 0.4) is 0 Å². The molecule has 31 heavy (non-hydrogen) atoms. The van der Waals surface area contributed by atoms with Crippen molar-refractivity contribution in [3.63, 3.8) is 0 Å². The highest BCUT2D eigenvalue weighted by Gasteiger charge is 2.27. The molecule has 1 fully saturated rings. The van der Waals surface area contributed by atoms with Crippen LogP contribution in [0.1, 0.15) is 27.0 Å². The van der Waals surface area contributed by atoms with Crippen LogP contribution in [0.15, 0.2) is 48.5 Å². The van der Waals surface area contributed by atoms with Crippen LogP contribution >= 0.6 is 0 Å². The minimum atomic E-state index is -4.35.